The van der Waals surface area contributed by atoms with Crippen molar-refractivity contribution in [1.29, 1.82) is 0 Å². The first-order valence-electron chi connectivity index (χ1n) is 8.05. The maximum atomic E-state index is 4.79. The van der Waals surface area contributed by atoms with Crippen LogP contribution in [0.1, 0.15) is 22.4 Å². The SMILES string of the molecule is Cc1ccc(CN2CCc3nc(-c4cccs4)ncc3C2)c(Br)c1. The highest BCUT2D eigenvalue weighted by atomic mass is 79.9. The normalized spacial score (nSPS) is 14.6. The summed E-state index contributed by atoms with van der Waals surface area (Å²) in [5.74, 6) is 0.860. The molecule has 0 spiro atoms. The van der Waals surface area contributed by atoms with Crippen molar-refractivity contribution < 1.29 is 0 Å². The molecule has 0 radical (unpaired) electrons. The highest BCUT2D eigenvalue weighted by Crippen LogP contribution is 2.26. The quantitative estimate of drug-likeness (QED) is 0.630. The highest BCUT2D eigenvalue weighted by Gasteiger charge is 2.19. The summed E-state index contributed by atoms with van der Waals surface area (Å²) in [4.78, 5) is 13.0. The summed E-state index contributed by atoms with van der Waals surface area (Å²) in [6, 6.07) is 10.7. The van der Waals surface area contributed by atoms with Gasteiger partial charge in [-0.3, -0.25) is 4.90 Å². The lowest BCUT2D eigenvalue weighted by Gasteiger charge is -2.28. The van der Waals surface area contributed by atoms with Gasteiger partial charge in [0.05, 0.1) is 10.6 Å². The van der Waals surface area contributed by atoms with Crippen LogP contribution in [0, 0.1) is 6.92 Å². The van der Waals surface area contributed by atoms with Crippen LogP contribution in [0.2, 0.25) is 0 Å². The van der Waals surface area contributed by atoms with E-state index in [2.05, 4.69) is 62.4 Å². The van der Waals surface area contributed by atoms with Gasteiger partial charge in [0.1, 0.15) is 0 Å². The van der Waals surface area contributed by atoms with Crippen LogP contribution in [0.4, 0.5) is 0 Å². The fourth-order valence-electron chi connectivity index (χ4n) is 3.06. The molecule has 0 atom stereocenters. The number of benzene rings is 1. The number of aromatic nitrogens is 2. The number of nitrogens with zero attached hydrogens (tertiary/aromatic N) is 3. The average molecular weight is 400 g/mol. The van der Waals surface area contributed by atoms with E-state index < -0.39 is 0 Å². The fourth-order valence-corrected chi connectivity index (χ4v) is 4.34. The average Bonchev–Trinajstić information content (AvgIpc) is 3.11. The number of aryl methyl sites for hydroxylation is 1. The Balaban J connectivity index is 1.52. The molecule has 5 heteroatoms. The molecule has 3 nitrogen and oxygen atoms in total. The summed E-state index contributed by atoms with van der Waals surface area (Å²) < 4.78 is 1.19. The van der Waals surface area contributed by atoms with Gasteiger partial charge in [0, 0.05) is 42.3 Å². The second-order valence-corrected chi connectivity index (χ2v) is 8.00. The van der Waals surface area contributed by atoms with Gasteiger partial charge < -0.3 is 0 Å². The number of thiophene rings is 1. The third-order valence-corrected chi connectivity index (χ3v) is 5.96. The van der Waals surface area contributed by atoms with E-state index in [1.54, 1.807) is 11.3 Å². The van der Waals surface area contributed by atoms with Gasteiger partial charge in [0.15, 0.2) is 5.82 Å². The molecule has 24 heavy (non-hydrogen) atoms. The van der Waals surface area contributed by atoms with Crippen LogP contribution in [-0.4, -0.2) is 21.4 Å². The Morgan fingerprint density at radius 1 is 1.29 bits per heavy atom. The maximum Gasteiger partial charge on any atom is 0.169 e. The third-order valence-electron chi connectivity index (χ3n) is 4.36. The second-order valence-electron chi connectivity index (χ2n) is 6.20. The molecule has 0 fully saturated rings. The molecule has 0 bridgehead atoms. The van der Waals surface area contributed by atoms with Gasteiger partial charge in [-0.1, -0.05) is 34.1 Å². The molecule has 0 unspecified atom stereocenters. The highest BCUT2D eigenvalue weighted by molar-refractivity contribution is 9.10. The zero-order chi connectivity index (χ0) is 16.5. The van der Waals surface area contributed by atoms with E-state index in [4.69, 9.17) is 4.98 Å². The first kappa shape index (κ1) is 15.9. The number of hydrogen-bond acceptors (Lipinski definition) is 4. The largest absolute Gasteiger partial charge is 0.294 e. The molecule has 0 N–H and O–H groups in total. The maximum absolute atomic E-state index is 4.79. The molecule has 1 aliphatic heterocycles. The molecule has 4 rings (SSSR count). The molecule has 0 amide bonds. The summed E-state index contributed by atoms with van der Waals surface area (Å²) in [6.07, 6.45) is 2.99. The molecule has 0 aliphatic carbocycles. The lowest BCUT2D eigenvalue weighted by atomic mass is 10.1. The van der Waals surface area contributed by atoms with Crippen LogP contribution < -0.4 is 0 Å². The summed E-state index contributed by atoms with van der Waals surface area (Å²) >= 11 is 5.38. The van der Waals surface area contributed by atoms with Crippen molar-refractivity contribution in [3.05, 3.63) is 68.8 Å². The van der Waals surface area contributed by atoms with Crippen LogP contribution in [0.5, 0.6) is 0 Å². The van der Waals surface area contributed by atoms with Crippen molar-refractivity contribution >= 4 is 27.3 Å². The van der Waals surface area contributed by atoms with E-state index in [9.17, 15) is 0 Å². The molecule has 122 valence electrons. The fraction of sp³-hybridized carbons (Fsp3) is 0.263. The first-order chi connectivity index (χ1) is 11.7. The van der Waals surface area contributed by atoms with Gasteiger partial charge >= 0.3 is 0 Å². The molecule has 3 heterocycles. The Bertz CT molecular complexity index is 861. The molecule has 0 saturated heterocycles. The van der Waals surface area contributed by atoms with E-state index in [0.29, 0.717) is 0 Å². The number of fused-ring (bicyclic) bond motifs is 1. The van der Waals surface area contributed by atoms with Gasteiger partial charge in [-0.25, -0.2) is 9.97 Å². The summed E-state index contributed by atoms with van der Waals surface area (Å²) in [5, 5.41) is 2.07. The van der Waals surface area contributed by atoms with Gasteiger partial charge in [-0.2, -0.15) is 0 Å². The van der Waals surface area contributed by atoms with E-state index in [-0.39, 0.29) is 0 Å². The zero-order valence-corrected chi connectivity index (χ0v) is 15.9. The summed E-state index contributed by atoms with van der Waals surface area (Å²) in [6.45, 7) is 5.02. The molecular formula is C19H18BrN3S. The van der Waals surface area contributed by atoms with Crippen LogP contribution in [0.15, 0.2) is 46.4 Å². The molecule has 0 saturated carbocycles. The molecular weight excluding hydrogens is 382 g/mol. The minimum Gasteiger partial charge on any atom is -0.294 e. The minimum absolute atomic E-state index is 0.860. The Morgan fingerprint density at radius 2 is 2.21 bits per heavy atom. The standard InChI is InChI=1S/C19H18BrN3S/c1-13-4-5-14(16(20)9-13)11-23-7-6-17-15(12-23)10-21-19(22-17)18-3-2-8-24-18/h2-5,8-10H,6-7,11-12H2,1H3. The van der Waals surface area contributed by atoms with Crippen molar-refractivity contribution in [2.24, 2.45) is 0 Å². The van der Waals surface area contributed by atoms with Gasteiger partial charge in [0.2, 0.25) is 0 Å². The predicted molar refractivity (Wildman–Crippen MR) is 102 cm³/mol. The number of rotatable bonds is 3. The molecule has 1 aromatic carbocycles. The van der Waals surface area contributed by atoms with Gasteiger partial charge in [0.25, 0.3) is 0 Å². The van der Waals surface area contributed by atoms with Crippen LogP contribution in [-0.2, 0) is 19.5 Å². The Hall–Kier alpha value is -1.56. The van der Waals surface area contributed by atoms with Crippen molar-refractivity contribution in [2.75, 3.05) is 6.54 Å². The van der Waals surface area contributed by atoms with E-state index in [1.807, 2.05) is 12.3 Å². The Labute approximate surface area is 154 Å². The predicted octanol–water partition coefficient (Wildman–Crippen LogP) is 4.83. The Morgan fingerprint density at radius 3 is 3.00 bits per heavy atom. The summed E-state index contributed by atoms with van der Waals surface area (Å²) in [5.41, 5.74) is 5.07. The first-order valence-corrected chi connectivity index (χ1v) is 9.72. The molecule has 2 aromatic heterocycles. The zero-order valence-electron chi connectivity index (χ0n) is 13.5. The van der Waals surface area contributed by atoms with E-state index in [0.717, 1.165) is 36.8 Å². The van der Waals surface area contributed by atoms with Gasteiger partial charge in [-0.15, -0.1) is 11.3 Å². The minimum atomic E-state index is 0.860. The van der Waals surface area contributed by atoms with Crippen molar-refractivity contribution in [1.82, 2.24) is 14.9 Å². The second kappa shape index (κ2) is 6.75. The lowest BCUT2D eigenvalue weighted by molar-refractivity contribution is 0.242. The smallest absolute Gasteiger partial charge is 0.169 e. The number of halogens is 1. The Kier molecular flexibility index (Phi) is 4.48. The van der Waals surface area contributed by atoms with Gasteiger partial charge in [-0.05, 0) is 35.6 Å². The molecule has 3 aromatic rings. The van der Waals surface area contributed by atoms with Crippen LogP contribution in [0.25, 0.3) is 10.7 Å². The van der Waals surface area contributed by atoms with Crippen molar-refractivity contribution in [3.63, 3.8) is 0 Å². The van der Waals surface area contributed by atoms with Crippen molar-refractivity contribution in [3.8, 4) is 10.7 Å². The lowest BCUT2D eigenvalue weighted by Crippen LogP contribution is -2.31. The van der Waals surface area contributed by atoms with Crippen LogP contribution in [0.3, 0.4) is 0 Å². The van der Waals surface area contributed by atoms with E-state index in [1.165, 1.54) is 26.9 Å². The summed E-state index contributed by atoms with van der Waals surface area (Å²) in [7, 11) is 0. The van der Waals surface area contributed by atoms with E-state index >= 15 is 0 Å². The monoisotopic (exact) mass is 399 g/mol. The van der Waals surface area contributed by atoms with Crippen molar-refractivity contribution in [2.45, 2.75) is 26.4 Å². The number of hydrogen-bond donors (Lipinski definition) is 0. The van der Waals surface area contributed by atoms with Crippen LogP contribution >= 0.6 is 27.3 Å². The third kappa shape index (κ3) is 3.29. The topological polar surface area (TPSA) is 29.0 Å². The molecule has 1 aliphatic rings.